The topological polar surface area (TPSA) is 68.5 Å². The zero-order valence-electron chi connectivity index (χ0n) is 16.5. The summed E-state index contributed by atoms with van der Waals surface area (Å²) in [5.41, 5.74) is 2.12. The van der Waals surface area contributed by atoms with Crippen molar-refractivity contribution in [3.05, 3.63) is 43.2 Å². The lowest BCUT2D eigenvalue weighted by Crippen LogP contribution is -2.47. The summed E-state index contributed by atoms with van der Waals surface area (Å²) in [6.07, 6.45) is 8.29. The molecule has 0 amide bonds. The first kappa shape index (κ1) is 18.3. The number of ether oxygens (including phenoxy) is 2. The number of imidazole rings is 1. The molecule has 0 N–H and O–H groups in total. The first-order valence-electron chi connectivity index (χ1n) is 10.3. The van der Waals surface area contributed by atoms with Crippen LogP contribution in [-0.4, -0.2) is 76.5 Å². The maximum atomic E-state index is 6.11. The van der Waals surface area contributed by atoms with Gasteiger partial charge < -0.3 is 18.9 Å². The maximum Gasteiger partial charge on any atom is 0.224 e. The number of aromatic nitrogens is 4. The molecule has 1 unspecified atom stereocenters. The van der Waals surface area contributed by atoms with Gasteiger partial charge in [0.2, 0.25) is 5.88 Å². The van der Waals surface area contributed by atoms with E-state index in [-0.39, 0.29) is 6.10 Å². The van der Waals surface area contributed by atoms with E-state index in [1.54, 1.807) is 6.33 Å². The van der Waals surface area contributed by atoms with E-state index < -0.39 is 0 Å². The molecule has 0 radical (unpaired) electrons. The van der Waals surface area contributed by atoms with Crippen LogP contribution in [0.1, 0.15) is 6.42 Å². The van der Waals surface area contributed by atoms with Crippen LogP contribution in [0.2, 0.25) is 0 Å². The molecular weight excluding hydrogens is 368 g/mol. The highest BCUT2D eigenvalue weighted by Gasteiger charge is 2.21. The highest BCUT2D eigenvalue weighted by Crippen LogP contribution is 2.28. The first-order valence-corrected chi connectivity index (χ1v) is 10.3. The minimum Gasteiger partial charge on any atom is -0.471 e. The molecule has 0 bridgehead atoms. The van der Waals surface area contributed by atoms with Crippen LogP contribution in [0.5, 0.6) is 5.88 Å². The summed E-state index contributed by atoms with van der Waals surface area (Å²) in [5, 5.41) is 0.972. The molecule has 4 heterocycles. The van der Waals surface area contributed by atoms with Gasteiger partial charge in [-0.05, 0) is 18.2 Å². The Balaban J connectivity index is 1.25. The number of hydrogen-bond donors (Lipinski definition) is 0. The van der Waals surface area contributed by atoms with Crippen molar-refractivity contribution in [3.63, 3.8) is 0 Å². The zero-order chi connectivity index (χ0) is 19.5. The van der Waals surface area contributed by atoms with Crippen molar-refractivity contribution in [1.29, 1.82) is 0 Å². The van der Waals surface area contributed by atoms with Gasteiger partial charge in [-0.1, -0.05) is 0 Å². The van der Waals surface area contributed by atoms with Gasteiger partial charge in [-0.25, -0.2) is 15.0 Å². The minimum absolute atomic E-state index is 0.0794. The second kappa shape index (κ2) is 8.34. The monoisotopic (exact) mass is 394 g/mol. The number of anilines is 1. The molecule has 1 atom stereocenters. The van der Waals surface area contributed by atoms with E-state index in [1.165, 1.54) is 5.69 Å². The lowest BCUT2D eigenvalue weighted by Gasteiger charge is -2.36. The highest BCUT2D eigenvalue weighted by atomic mass is 16.5. The van der Waals surface area contributed by atoms with Gasteiger partial charge in [-0.15, -0.1) is 0 Å². The number of rotatable bonds is 6. The van der Waals surface area contributed by atoms with Crippen molar-refractivity contribution in [1.82, 2.24) is 24.4 Å². The fourth-order valence-corrected chi connectivity index (χ4v) is 3.98. The second-order valence-electron chi connectivity index (χ2n) is 7.61. The summed E-state index contributed by atoms with van der Waals surface area (Å²) in [6, 6.07) is 6.39. The summed E-state index contributed by atoms with van der Waals surface area (Å²) in [6.45, 7) is 7.56. The molecular formula is C21H26N6O2. The molecule has 2 aromatic heterocycles. The largest absolute Gasteiger partial charge is 0.471 e. The van der Waals surface area contributed by atoms with E-state index >= 15 is 0 Å². The molecule has 152 valence electrons. The first-order chi connectivity index (χ1) is 14.3. The van der Waals surface area contributed by atoms with Crippen LogP contribution >= 0.6 is 0 Å². The third kappa shape index (κ3) is 4.18. The Morgan fingerprint density at radius 2 is 2.03 bits per heavy atom. The fourth-order valence-electron chi connectivity index (χ4n) is 3.98. The van der Waals surface area contributed by atoms with Gasteiger partial charge >= 0.3 is 0 Å². The molecule has 5 rings (SSSR count). The van der Waals surface area contributed by atoms with Crippen LogP contribution in [0.4, 0.5) is 5.69 Å². The summed E-state index contributed by atoms with van der Waals surface area (Å²) < 4.78 is 13.7. The molecule has 29 heavy (non-hydrogen) atoms. The Morgan fingerprint density at radius 3 is 2.83 bits per heavy atom. The van der Waals surface area contributed by atoms with Crippen molar-refractivity contribution >= 4 is 16.6 Å². The van der Waals surface area contributed by atoms with Crippen LogP contribution in [-0.2, 0) is 11.3 Å². The number of benzene rings is 1. The van der Waals surface area contributed by atoms with E-state index in [2.05, 4.69) is 47.5 Å². The number of fused-ring (bicyclic) bond motifs is 1. The van der Waals surface area contributed by atoms with Gasteiger partial charge in [0.05, 0.1) is 30.4 Å². The number of nitrogens with zero attached hydrogens (tertiary/aromatic N) is 6. The summed E-state index contributed by atoms with van der Waals surface area (Å²) >= 11 is 0. The third-order valence-electron chi connectivity index (χ3n) is 5.72. The molecule has 8 heteroatoms. The predicted molar refractivity (Wildman–Crippen MR) is 110 cm³/mol. The van der Waals surface area contributed by atoms with Crippen LogP contribution in [0.15, 0.2) is 43.2 Å². The van der Waals surface area contributed by atoms with E-state index in [0.29, 0.717) is 12.5 Å². The molecule has 1 aromatic carbocycles. The Morgan fingerprint density at radius 1 is 1.10 bits per heavy atom. The van der Waals surface area contributed by atoms with Crippen LogP contribution in [0.25, 0.3) is 10.9 Å². The summed E-state index contributed by atoms with van der Waals surface area (Å²) in [5.74, 6) is 0.659. The lowest BCUT2D eigenvalue weighted by atomic mass is 10.2. The summed E-state index contributed by atoms with van der Waals surface area (Å²) in [7, 11) is 0. The van der Waals surface area contributed by atoms with Crippen molar-refractivity contribution in [2.75, 3.05) is 50.8 Å². The number of hydrogen-bond acceptors (Lipinski definition) is 7. The molecule has 3 aromatic rings. The Kier molecular flexibility index (Phi) is 5.27. The normalized spacial score (nSPS) is 20.4. The van der Waals surface area contributed by atoms with Gasteiger partial charge in [0.25, 0.3) is 0 Å². The van der Waals surface area contributed by atoms with Crippen molar-refractivity contribution in [2.45, 2.75) is 19.1 Å². The Hall–Kier alpha value is -2.71. The molecule has 0 aliphatic carbocycles. The second-order valence-corrected chi connectivity index (χ2v) is 7.61. The predicted octanol–water partition coefficient (Wildman–Crippen LogP) is 1.82. The van der Waals surface area contributed by atoms with Crippen molar-refractivity contribution in [2.24, 2.45) is 0 Å². The van der Waals surface area contributed by atoms with Gasteiger partial charge in [0.1, 0.15) is 12.4 Å². The van der Waals surface area contributed by atoms with Crippen molar-refractivity contribution in [3.8, 4) is 5.88 Å². The van der Waals surface area contributed by atoms with Gasteiger partial charge in [0, 0.05) is 63.8 Å². The molecule has 0 spiro atoms. The van der Waals surface area contributed by atoms with Gasteiger partial charge in [-0.2, -0.15) is 0 Å². The van der Waals surface area contributed by atoms with E-state index in [9.17, 15) is 0 Å². The third-order valence-corrected chi connectivity index (χ3v) is 5.72. The summed E-state index contributed by atoms with van der Waals surface area (Å²) in [4.78, 5) is 17.9. The van der Waals surface area contributed by atoms with Crippen molar-refractivity contribution < 1.29 is 9.47 Å². The van der Waals surface area contributed by atoms with E-state index in [1.807, 2.05) is 18.7 Å². The van der Waals surface area contributed by atoms with Crippen LogP contribution in [0, 0.1) is 0 Å². The minimum atomic E-state index is 0.0794. The smallest absolute Gasteiger partial charge is 0.224 e. The van der Waals surface area contributed by atoms with Crippen LogP contribution < -0.4 is 9.64 Å². The van der Waals surface area contributed by atoms with Crippen LogP contribution in [0.3, 0.4) is 0 Å². The Labute approximate surface area is 170 Å². The van der Waals surface area contributed by atoms with Gasteiger partial charge in [-0.3, -0.25) is 4.90 Å². The number of piperazine rings is 1. The SMILES string of the molecule is c1cn(CCN2CCN(c3ccc4ncnc(OC5CCOC5)c4c3)CC2)cn1. The average molecular weight is 394 g/mol. The molecule has 2 aliphatic rings. The van der Waals surface area contributed by atoms with Gasteiger partial charge in [0.15, 0.2) is 0 Å². The standard InChI is InChI=1S/C21H26N6O2/c1-2-20-19(21(24-15-23-20)29-18-3-12-28-14-18)13-17(1)27-10-8-25(9-11-27)6-7-26-5-4-22-16-26/h1-2,4-5,13,15-16,18H,3,6-12,14H2. The highest BCUT2D eigenvalue weighted by molar-refractivity contribution is 5.86. The fraction of sp³-hybridized carbons (Fsp3) is 0.476. The maximum absolute atomic E-state index is 6.11. The molecule has 2 aliphatic heterocycles. The lowest BCUT2D eigenvalue weighted by molar-refractivity contribution is 0.139. The molecule has 2 saturated heterocycles. The molecule has 2 fully saturated rings. The quantitative estimate of drug-likeness (QED) is 0.632. The molecule has 0 saturated carbocycles. The molecule has 8 nitrogen and oxygen atoms in total. The zero-order valence-corrected chi connectivity index (χ0v) is 16.5. The Bertz CT molecular complexity index is 934. The van der Waals surface area contributed by atoms with E-state index in [4.69, 9.17) is 9.47 Å². The van der Waals surface area contributed by atoms with E-state index in [0.717, 1.165) is 63.2 Å². The average Bonchev–Trinajstić information content (AvgIpc) is 3.47.